The Morgan fingerprint density at radius 3 is 1.95 bits per heavy atom. The van der Waals surface area contributed by atoms with Crippen molar-refractivity contribution in [3.63, 3.8) is 0 Å². The van der Waals surface area contributed by atoms with Gasteiger partial charge in [-0.25, -0.2) is 10.2 Å². The number of hydrogen-bond donors (Lipinski definition) is 3. The minimum atomic E-state index is -2.75. The highest BCUT2D eigenvalue weighted by Gasteiger charge is 2.19. The predicted molar refractivity (Wildman–Crippen MR) is 83.5 cm³/mol. The lowest BCUT2D eigenvalue weighted by atomic mass is 10.3. The average molecular weight is 283 g/mol. The van der Waals surface area contributed by atoms with Gasteiger partial charge in [0.25, 0.3) is 0 Å². The maximum Gasteiger partial charge on any atom is 0.303 e. The second-order valence-corrected chi connectivity index (χ2v) is 6.69. The lowest BCUT2D eigenvalue weighted by molar-refractivity contribution is 0.552. The molecule has 0 atom stereocenters. The fourth-order valence-electron chi connectivity index (χ4n) is 1.66. The van der Waals surface area contributed by atoms with E-state index < -0.39 is 7.59 Å². The van der Waals surface area contributed by atoms with Crippen molar-refractivity contribution in [1.82, 2.24) is 10.2 Å². The Hall–Kier alpha value is -0.830. The Bertz CT molecular complexity index is 370. The van der Waals surface area contributed by atoms with Crippen LogP contribution in [0.5, 0.6) is 0 Å². The molecule has 0 spiro atoms. The van der Waals surface area contributed by atoms with Crippen molar-refractivity contribution in [2.45, 2.75) is 39.5 Å². The molecule has 0 aliphatic heterocycles. The van der Waals surface area contributed by atoms with E-state index in [-0.39, 0.29) is 0 Å². The smallest absolute Gasteiger partial charge is 0.303 e. The molecule has 108 valence electrons. The average Bonchev–Trinajstić information content (AvgIpc) is 2.40. The largest absolute Gasteiger partial charge is 0.313 e. The highest BCUT2D eigenvalue weighted by Crippen LogP contribution is 2.36. The van der Waals surface area contributed by atoms with Crippen LogP contribution < -0.4 is 15.3 Å². The number of unbranched alkanes of at least 4 members (excludes halogenated alkanes) is 2. The molecule has 0 bridgehead atoms. The molecule has 0 fully saturated rings. The van der Waals surface area contributed by atoms with Gasteiger partial charge >= 0.3 is 7.59 Å². The fourth-order valence-corrected chi connectivity index (χ4v) is 3.38. The lowest BCUT2D eigenvalue weighted by Gasteiger charge is -2.22. The monoisotopic (exact) mass is 283 g/mol. The lowest BCUT2D eigenvalue weighted by Crippen LogP contribution is -2.28. The number of rotatable bonds is 10. The van der Waals surface area contributed by atoms with Gasteiger partial charge in [0.15, 0.2) is 0 Å². The van der Waals surface area contributed by atoms with Crippen LogP contribution in [-0.4, -0.2) is 13.1 Å². The summed E-state index contributed by atoms with van der Waals surface area (Å²) in [7, 11) is -2.75. The van der Waals surface area contributed by atoms with Gasteiger partial charge in [0.05, 0.1) is 0 Å². The Kier molecular flexibility index (Phi) is 7.80. The number of nitrogens with one attached hydrogen (secondary N) is 3. The highest BCUT2D eigenvalue weighted by atomic mass is 31.2. The first-order valence-corrected chi connectivity index (χ1v) is 8.84. The molecular weight excluding hydrogens is 257 g/mol. The van der Waals surface area contributed by atoms with E-state index in [4.69, 9.17) is 0 Å². The zero-order valence-corrected chi connectivity index (χ0v) is 12.9. The number of para-hydroxylation sites is 1. The van der Waals surface area contributed by atoms with Crippen LogP contribution in [0, 0.1) is 0 Å². The quantitative estimate of drug-likeness (QED) is 0.449. The Morgan fingerprint density at radius 2 is 1.47 bits per heavy atom. The third-order valence-electron chi connectivity index (χ3n) is 2.79. The standard InChI is InChI=1S/C14H26N3OP/c1-3-5-12-15-19(18,16-13-6-4-2)17-14-10-8-7-9-11-14/h7-11H,3-6,12-13H2,1-2H3,(H3,15,16,17,18). The highest BCUT2D eigenvalue weighted by molar-refractivity contribution is 7.61. The maximum absolute atomic E-state index is 12.8. The molecule has 0 amide bonds. The summed E-state index contributed by atoms with van der Waals surface area (Å²) in [5.74, 6) is 0. The van der Waals surface area contributed by atoms with Gasteiger partial charge in [0.1, 0.15) is 0 Å². The van der Waals surface area contributed by atoms with Crippen LogP contribution in [0.15, 0.2) is 30.3 Å². The van der Waals surface area contributed by atoms with Gasteiger partial charge in [-0.3, -0.25) is 4.57 Å². The van der Waals surface area contributed by atoms with Crippen LogP contribution in [-0.2, 0) is 4.57 Å². The third kappa shape index (κ3) is 6.76. The van der Waals surface area contributed by atoms with E-state index in [2.05, 4.69) is 29.1 Å². The molecule has 0 aliphatic carbocycles. The molecule has 0 saturated heterocycles. The van der Waals surface area contributed by atoms with Crippen LogP contribution in [0.2, 0.25) is 0 Å². The molecule has 0 radical (unpaired) electrons. The first-order valence-electron chi connectivity index (χ1n) is 7.14. The van der Waals surface area contributed by atoms with E-state index in [0.717, 1.165) is 44.5 Å². The van der Waals surface area contributed by atoms with Crippen LogP contribution >= 0.6 is 7.59 Å². The summed E-state index contributed by atoms with van der Waals surface area (Å²) in [5, 5.41) is 9.38. The Morgan fingerprint density at radius 1 is 0.947 bits per heavy atom. The van der Waals surface area contributed by atoms with Gasteiger partial charge in [0, 0.05) is 18.8 Å². The summed E-state index contributed by atoms with van der Waals surface area (Å²) >= 11 is 0. The summed E-state index contributed by atoms with van der Waals surface area (Å²) in [6.07, 6.45) is 4.23. The number of benzene rings is 1. The van der Waals surface area contributed by atoms with E-state index >= 15 is 0 Å². The molecule has 19 heavy (non-hydrogen) atoms. The van der Waals surface area contributed by atoms with E-state index in [1.54, 1.807) is 0 Å². The molecule has 0 aliphatic rings. The second kappa shape index (κ2) is 9.13. The van der Waals surface area contributed by atoms with Crippen molar-refractivity contribution >= 4 is 13.3 Å². The van der Waals surface area contributed by atoms with Crippen LogP contribution in [0.4, 0.5) is 5.69 Å². The molecule has 0 unspecified atom stereocenters. The summed E-state index contributed by atoms with van der Waals surface area (Å²) in [5.41, 5.74) is 0.874. The molecule has 0 aromatic heterocycles. The zero-order valence-electron chi connectivity index (χ0n) is 12.0. The molecule has 0 saturated carbocycles. The minimum absolute atomic E-state index is 0.757. The zero-order chi connectivity index (χ0) is 14.0. The van der Waals surface area contributed by atoms with E-state index in [1.807, 2.05) is 30.3 Å². The van der Waals surface area contributed by atoms with Crippen molar-refractivity contribution in [2.75, 3.05) is 18.2 Å². The molecule has 1 aromatic rings. The van der Waals surface area contributed by atoms with Crippen molar-refractivity contribution < 1.29 is 4.57 Å². The summed E-state index contributed by atoms with van der Waals surface area (Å²) in [6.45, 7) is 5.77. The van der Waals surface area contributed by atoms with E-state index in [0.29, 0.717) is 0 Å². The fraction of sp³-hybridized carbons (Fsp3) is 0.571. The van der Waals surface area contributed by atoms with Gasteiger partial charge in [-0.1, -0.05) is 44.9 Å². The first-order chi connectivity index (χ1) is 9.20. The Balaban J connectivity index is 2.59. The minimum Gasteiger partial charge on any atom is -0.313 e. The number of anilines is 1. The van der Waals surface area contributed by atoms with Gasteiger partial charge in [-0.15, -0.1) is 0 Å². The maximum atomic E-state index is 12.8. The topological polar surface area (TPSA) is 53.2 Å². The van der Waals surface area contributed by atoms with E-state index in [1.165, 1.54) is 0 Å². The summed E-state index contributed by atoms with van der Waals surface area (Å²) in [4.78, 5) is 0. The molecule has 5 heteroatoms. The van der Waals surface area contributed by atoms with Crippen LogP contribution in [0.25, 0.3) is 0 Å². The third-order valence-corrected chi connectivity index (χ3v) is 4.70. The predicted octanol–water partition coefficient (Wildman–Crippen LogP) is 3.99. The number of hydrogen-bond acceptors (Lipinski definition) is 1. The molecule has 1 rings (SSSR count). The summed E-state index contributed by atoms with van der Waals surface area (Å²) in [6, 6.07) is 9.67. The van der Waals surface area contributed by atoms with Crippen LogP contribution in [0.3, 0.4) is 0 Å². The Labute approximate surface area is 116 Å². The van der Waals surface area contributed by atoms with Gasteiger partial charge < -0.3 is 5.09 Å². The molecule has 1 aromatic carbocycles. The van der Waals surface area contributed by atoms with Crippen molar-refractivity contribution in [3.05, 3.63) is 30.3 Å². The first kappa shape index (κ1) is 16.2. The van der Waals surface area contributed by atoms with Gasteiger partial charge in [-0.2, -0.15) is 0 Å². The van der Waals surface area contributed by atoms with Gasteiger partial charge in [-0.05, 0) is 25.0 Å². The molecule has 0 heterocycles. The van der Waals surface area contributed by atoms with Crippen LogP contribution in [0.1, 0.15) is 39.5 Å². The van der Waals surface area contributed by atoms with Crippen molar-refractivity contribution in [2.24, 2.45) is 0 Å². The molecule has 3 N–H and O–H groups in total. The normalized spacial score (nSPS) is 11.5. The van der Waals surface area contributed by atoms with Crippen molar-refractivity contribution in [3.8, 4) is 0 Å². The molecular formula is C14H26N3OP. The molecule has 4 nitrogen and oxygen atoms in total. The van der Waals surface area contributed by atoms with E-state index in [9.17, 15) is 4.57 Å². The second-order valence-electron chi connectivity index (χ2n) is 4.61. The van der Waals surface area contributed by atoms with Crippen molar-refractivity contribution in [1.29, 1.82) is 0 Å². The summed E-state index contributed by atoms with van der Waals surface area (Å²) < 4.78 is 12.8. The van der Waals surface area contributed by atoms with Gasteiger partial charge in [0.2, 0.25) is 0 Å². The SMILES string of the molecule is CCCCNP(=O)(NCCCC)Nc1ccccc1.